The lowest BCUT2D eigenvalue weighted by Crippen LogP contribution is -2.24. The summed E-state index contributed by atoms with van der Waals surface area (Å²) in [6, 6.07) is 3.93. The van der Waals surface area contributed by atoms with E-state index >= 15 is 0 Å². The van der Waals surface area contributed by atoms with Gasteiger partial charge in [-0.1, -0.05) is 0 Å². The Labute approximate surface area is 96.2 Å². The van der Waals surface area contributed by atoms with Gasteiger partial charge >= 0.3 is 6.16 Å². The van der Waals surface area contributed by atoms with Crippen molar-refractivity contribution < 1.29 is 14.3 Å². The normalized spacial score (nSPS) is 11.2. The summed E-state index contributed by atoms with van der Waals surface area (Å²) in [6.45, 7) is 6.67. The van der Waals surface area contributed by atoms with Crippen molar-refractivity contribution in [1.29, 1.82) is 0 Å². The first kappa shape index (κ1) is 12.6. The molecule has 0 radical (unpaired) electrons. The van der Waals surface area contributed by atoms with E-state index in [1.807, 2.05) is 49.9 Å². The first-order chi connectivity index (χ1) is 7.47. The van der Waals surface area contributed by atoms with Crippen LogP contribution >= 0.6 is 0 Å². The summed E-state index contributed by atoms with van der Waals surface area (Å²) in [5, 5.41) is 0. The lowest BCUT2D eigenvalue weighted by molar-refractivity contribution is -0.00784. The third-order valence-corrected chi connectivity index (χ3v) is 1.84. The van der Waals surface area contributed by atoms with E-state index in [9.17, 15) is 4.79 Å². The largest absolute Gasteiger partial charge is 0.508 e. The highest BCUT2D eigenvalue weighted by Crippen LogP contribution is 2.08. The predicted octanol–water partition coefficient (Wildman–Crippen LogP) is 2.83. The molecule has 1 aromatic heterocycles. The van der Waals surface area contributed by atoms with E-state index in [0.29, 0.717) is 6.61 Å². The van der Waals surface area contributed by atoms with Gasteiger partial charge in [-0.2, -0.15) is 0 Å². The molecule has 0 aliphatic carbocycles. The van der Waals surface area contributed by atoms with Crippen LogP contribution in [0.1, 0.15) is 27.2 Å². The van der Waals surface area contributed by atoms with Crippen LogP contribution in [0.5, 0.6) is 0 Å². The summed E-state index contributed by atoms with van der Waals surface area (Å²) < 4.78 is 12.0. The van der Waals surface area contributed by atoms with Gasteiger partial charge in [0.05, 0.1) is 6.61 Å². The maximum atomic E-state index is 11.2. The summed E-state index contributed by atoms with van der Waals surface area (Å²) >= 11 is 0. The van der Waals surface area contributed by atoms with Crippen LogP contribution in [-0.2, 0) is 16.0 Å². The van der Waals surface area contributed by atoms with E-state index in [-0.39, 0.29) is 0 Å². The fourth-order valence-corrected chi connectivity index (χ4v) is 1.20. The molecule has 0 aliphatic rings. The third kappa shape index (κ3) is 5.44. The molecule has 0 atom stereocenters. The van der Waals surface area contributed by atoms with Crippen molar-refractivity contribution in [3.63, 3.8) is 0 Å². The van der Waals surface area contributed by atoms with Gasteiger partial charge in [0.2, 0.25) is 0 Å². The second-order valence-corrected chi connectivity index (χ2v) is 4.59. The molecule has 0 amide bonds. The number of carbonyl (C=O) groups is 1. The quantitative estimate of drug-likeness (QED) is 0.584. The van der Waals surface area contributed by atoms with Gasteiger partial charge in [-0.3, -0.25) is 0 Å². The summed E-state index contributed by atoms with van der Waals surface area (Å²) in [5.41, 5.74) is -0.489. The monoisotopic (exact) mass is 225 g/mol. The Morgan fingerprint density at radius 3 is 2.44 bits per heavy atom. The molecule has 0 unspecified atom stereocenters. The van der Waals surface area contributed by atoms with E-state index < -0.39 is 11.8 Å². The minimum absolute atomic E-state index is 0.382. The van der Waals surface area contributed by atoms with Gasteiger partial charge in [0, 0.05) is 18.9 Å². The van der Waals surface area contributed by atoms with Gasteiger partial charge in [0.1, 0.15) is 5.60 Å². The van der Waals surface area contributed by atoms with Crippen LogP contribution < -0.4 is 0 Å². The Bertz CT molecular complexity index is 312. The molecule has 1 aromatic rings. The fourth-order valence-electron chi connectivity index (χ4n) is 1.20. The van der Waals surface area contributed by atoms with Gasteiger partial charge in [0.25, 0.3) is 0 Å². The van der Waals surface area contributed by atoms with E-state index in [2.05, 4.69) is 0 Å². The molecule has 0 fully saturated rings. The zero-order chi connectivity index (χ0) is 12.0. The predicted molar refractivity (Wildman–Crippen MR) is 61.2 cm³/mol. The van der Waals surface area contributed by atoms with E-state index in [1.54, 1.807) is 0 Å². The van der Waals surface area contributed by atoms with Crippen LogP contribution in [0.25, 0.3) is 0 Å². The standard InChI is InChI=1S/C12H19NO3/c1-12(2,3)16-11(14)15-10-6-9-13-7-4-5-8-13/h4-5,7-8H,6,9-10H2,1-3H3. The van der Waals surface area contributed by atoms with Crippen LogP contribution in [0.15, 0.2) is 24.5 Å². The van der Waals surface area contributed by atoms with Crippen LogP contribution in [0, 0.1) is 0 Å². The zero-order valence-electron chi connectivity index (χ0n) is 10.1. The summed E-state index contributed by atoms with van der Waals surface area (Å²) in [7, 11) is 0. The Balaban J connectivity index is 2.09. The van der Waals surface area contributed by atoms with Crippen molar-refractivity contribution >= 4 is 6.16 Å². The van der Waals surface area contributed by atoms with Gasteiger partial charge in [-0.05, 0) is 39.3 Å². The fraction of sp³-hybridized carbons (Fsp3) is 0.583. The smallest absolute Gasteiger partial charge is 0.434 e. The molecule has 0 N–H and O–H groups in total. The molecule has 0 bridgehead atoms. The number of aromatic nitrogens is 1. The second-order valence-electron chi connectivity index (χ2n) is 4.59. The van der Waals surface area contributed by atoms with Crippen molar-refractivity contribution in [3.05, 3.63) is 24.5 Å². The molecular weight excluding hydrogens is 206 g/mol. The van der Waals surface area contributed by atoms with E-state index in [4.69, 9.17) is 9.47 Å². The highest BCUT2D eigenvalue weighted by Gasteiger charge is 2.16. The SMILES string of the molecule is CC(C)(C)OC(=O)OCCCn1cccc1. The van der Waals surface area contributed by atoms with Crippen molar-refractivity contribution in [2.45, 2.75) is 39.3 Å². The highest BCUT2D eigenvalue weighted by molar-refractivity contribution is 5.60. The highest BCUT2D eigenvalue weighted by atomic mass is 16.7. The lowest BCUT2D eigenvalue weighted by Gasteiger charge is -2.18. The van der Waals surface area contributed by atoms with Crippen molar-refractivity contribution in [3.8, 4) is 0 Å². The molecule has 0 aromatic carbocycles. The molecule has 0 saturated carbocycles. The minimum atomic E-state index is -0.597. The van der Waals surface area contributed by atoms with Crippen molar-refractivity contribution in [2.24, 2.45) is 0 Å². The second kappa shape index (κ2) is 5.58. The Hall–Kier alpha value is -1.45. The van der Waals surface area contributed by atoms with Crippen molar-refractivity contribution in [1.82, 2.24) is 4.57 Å². The third-order valence-electron chi connectivity index (χ3n) is 1.84. The zero-order valence-corrected chi connectivity index (χ0v) is 10.1. The minimum Gasteiger partial charge on any atom is -0.434 e. The molecular formula is C12H19NO3. The molecule has 0 saturated heterocycles. The molecule has 16 heavy (non-hydrogen) atoms. The van der Waals surface area contributed by atoms with Crippen LogP contribution in [0.4, 0.5) is 4.79 Å². The number of hydrogen-bond acceptors (Lipinski definition) is 3. The van der Waals surface area contributed by atoms with Crippen molar-refractivity contribution in [2.75, 3.05) is 6.61 Å². The maximum absolute atomic E-state index is 11.2. The lowest BCUT2D eigenvalue weighted by atomic mass is 10.2. The Kier molecular flexibility index (Phi) is 4.40. The number of carbonyl (C=O) groups excluding carboxylic acids is 1. The Morgan fingerprint density at radius 1 is 1.25 bits per heavy atom. The molecule has 0 aliphatic heterocycles. The van der Waals surface area contributed by atoms with Gasteiger partial charge in [-0.15, -0.1) is 0 Å². The van der Waals surface area contributed by atoms with Crippen LogP contribution in [0.2, 0.25) is 0 Å². The topological polar surface area (TPSA) is 40.5 Å². The molecule has 1 heterocycles. The molecule has 1 rings (SSSR count). The number of rotatable bonds is 4. The number of hydrogen-bond donors (Lipinski definition) is 0. The van der Waals surface area contributed by atoms with Gasteiger partial charge < -0.3 is 14.0 Å². The molecule has 0 spiro atoms. The van der Waals surface area contributed by atoms with E-state index in [0.717, 1.165) is 13.0 Å². The van der Waals surface area contributed by atoms with Crippen LogP contribution in [0.3, 0.4) is 0 Å². The summed E-state index contributed by atoms with van der Waals surface area (Å²) in [6.07, 6.45) is 4.15. The average Bonchev–Trinajstić information content (AvgIpc) is 2.62. The van der Waals surface area contributed by atoms with Crippen LogP contribution in [-0.4, -0.2) is 22.9 Å². The molecule has 90 valence electrons. The summed E-state index contributed by atoms with van der Waals surface area (Å²) in [5.74, 6) is 0. The number of aryl methyl sites for hydroxylation is 1. The summed E-state index contributed by atoms with van der Waals surface area (Å²) in [4.78, 5) is 11.2. The van der Waals surface area contributed by atoms with Gasteiger partial charge in [0.15, 0.2) is 0 Å². The number of nitrogens with zero attached hydrogens (tertiary/aromatic N) is 1. The Morgan fingerprint density at radius 2 is 1.88 bits per heavy atom. The first-order valence-corrected chi connectivity index (χ1v) is 5.44. The molecule has 4 nitrogen and oxygen atoms in total. The molecule has 4 heteroatoms. The van der Waals surface area contributed by atoms with E-state index in [1.165, 1.54) is 0 Å². The maximum Gasteiger partial charge on any atom is 0.508 e. The first-order valence-electron chi connectivity index (χ1n) is 5.44. The number of ether oxygens (including phenoxy) is 2. The average molecular weight is 225 g/mol. The van der Waals surface area contributed by atoms with Gasteiger partial charge in [-0.25, -0.2) is 4.79 Å².